The van der Waals surface area contributed by atoms with E-state index in [0.29, 0.717) is 4.67 Å². The Morgan fingerprint density at radius 3 is 2.52 bits per heavy atom. The Hall–Kier alpha value is -2.08. The zero-order chi connectivity index (χ0) is 15.2. The number of carbonyl (C=O) groups excluding carboxylic acids is 2. The molecule has 0 aliphatic heterocycles. The van der Waals surface area contributed by atoms with Crippen molar-refractivity contribution in [2.45, 2.75) is 13.0 Å². The molecule has 1 aromatic heterocycles. The molecular formula is C15H15BrN2O3. The van der Waals surface area contributed by atoms with Crippen molar-refractivity contribution in [2.75, 3.05) is 6.54 Å². The SMILES string of the molecule is C[C@H](NC(=O)CNC(=O)c1ccc(Br)o1)c1ccccc1. The minimum Gasteiger partial charge on any atom is -0.444 e. The predicted octanol–water partition coefficient (Wildman–Crippen LogP) is 2.65. The second kappa shape index (κ2) is 7.08. The van der Waals surface area contributed by atoms with Crippen LogP contribution in [-0.2, 0) is 4.79 Å². The summed E-state index contributed by atoms with van der Waals surface area (Å²) in [6.07, 6.45) is 0. The zero-order valence-electron chi connectivity index (χ0n) is 11.4. The molecule has 0 fully saturated rings. The van der Waals surface area contributed by atoms with Gasteiger partial charge < -0.3 is 15.1 Å². The number of benzene rings is 1. The van der Waals surface area contributed by atoms with Crippen LogP contribution in [0, 0.1) is 0 Å². The number of hydrogen-bond acceptors (Lipinski definition) is 3. The summed E-state index contributed by atoms with van der Waals surface area (Å²) in [5.74, 6) is -0.528. The summed E-state index contributed by atoms with van der Waals surface area (Å²) in [5.41, 5.74) is 1.01. The molecule has 0 aliphatic carbocycles. The van der Waals surface area contributed by atoms with E-state index >= 15 is 0 Å². The largest absolute Gasteiger partial charge is 0.444 e. The normalized spacial score (nSPS) is 11.7. The molecule has 110 valence electrons. The fourth-order valence-corrected chi connectivity index (χ4v) is 2.11. The van der Waals surface area contributed by atoms with E-state index in [-0.39, 0.29) is 24.3 Å². The highest BCUT2D eigenvalue weighted by Crippen LogP contribution is 2.13. The van der Waals surface area contributed by atoms with Gasteiger partial charge in [0.15, 0.2) is 10.4 Å². The van der Waals surface area contributed by atoms with Gasteiger partial charge in [-0.15, -0.1) is 0 Å². The Morgan fingerprint density at radius 2 is 1.90 bits per heavy atom. The van der Waals surface area contributed by atoms with Gasteiger partial charge >= 0.3 is 0 Å². The molecule has 0 bridgehead atoms. The van der Waals surface area contributed by atoms with E-state index in [2.05, 4.69) is 26.6 Å². The summed E-state index contributed by atoms with van der Waals surface area (Å²) in [4.78, 5) is 23.5. The minimum absolute atomic E-state index is 0.103. The molecule has 1 heterocycles. The van der Waals surface area contributed by atoms with Crippen LogP contribution in [0.3, 0.4) is 0 Å². The van der Waals surface area contributed by atoms with Crippen LogP contribution in [0.1, 0.15) is 29.1 Å². The molecule has 1 aromatic carbocycles. The molecule has 0 aliphatic rings. The lowest BCUT2D eigenvalue weighted by Gasteiger charge is -2.14. The Bertz CT molecular complexity index is 625. The van der Waals surface area contributed by atoms with Crippen molar-refractivity contribution in [2.24, 2.45) is 0 Å². The highest BCUT2D eigenvalue weighted by molar-refractivity contribution is 9.10. The molecule has 0 radical (unpaired) electrons. The Morgan fingerprint density at radius 1 is 1.19 bits per heavy atom. The first-order valence-corrected chi connectivity index (χ1v) is 7.23. The number of nitrogens with one attached hydrogen (secondary N) is 2. The van der Waals surface area contributed by atoms with Gasteiger partial charge in [-0.2, -0.15) is 0 Å². The predicted molar refractivity (Wildman–Crippen MR) is 81.7 cm³/mol. The molecule has 5 nitrogen and oxygen atoms in total. The maximum Gasteiger partial charge on any atom is 0.287 e. The Kier molecular flexibility index (Phi) is 5.16. The van der Waals surface area contributed by atoms with Crippen molar-refractivity contribution in [1.82, 2.24) is 10.6 Å². The van der Waals surface area contributed by atoms with Gasteiger partial charge in [-0.05, 0) is 40.5 Å². The van der Waals surface area contributed by atoms with Crippen LogP contribution in [0.15, 0.2) is 51.6 Å². The first kappa shape index (κ1) is 15.3. The second-order valence-corrected chi connectivity index (χ2v) is 5.27. The maximum atomic E-state index is 11.8. The standard InChI is InChI=1S/C15H15BrN2O3/c1-10(11-5-3-2-4-6-11)18-14(19)9-17-15(20)12-7-8-13(16)21-12/h2-8,10H,9H2,1H3,(H,17,20)(H,18,19)/t10-/m0/s1. The van der Waals surface area contributed by atoms with E-state index in [1.807, 2.05) is 37.3 Å². The van der Waals surface area contributed by atoms with Crippen LogP contribution < -0.4 is 10.6 Å². The molecule has 2 rings (SSSR count). The molecule has 0 spiro atoms. The van der Waals surface area contributed by atoms with Gasteiger partial charge in [0.1, 0.15) is 0 Å². The van der Waals surface area contributed by atoms with E-state index in [4.69, 9.17) is 4.42 Å². The maximum absolute atomic E-state index is 11.8. The Labute approximate surface area is 130 Å². The quantitative estimate of drug-likeness (QED) is 0.870. The van der Waals surface area contributed by atoms with E-state index in [1.54, 1.807) is 6.07 Å². The molecular weight excluding hydrogens is 336 g/mol. The fraction of sp³-hybridized carbons (Fsp3) is 0.200. The molecule has 21 heavy (non-hydrogen) atoms. The molecule has 0 saturated heterocycles. The van der Waals surface area contributed by atoms with Crippen LogP contribution in [-0.4, -0.2) is 18.4 Å². The van der Waals surface area contributed by atoms with Gasteiger partial charge in [0, 0.05) is 0 Å². The average Bonchev–Trinajstić information content (AvgIpc) is 2.92. The van der Waals surface area contributed by atoms with Gasteiger partial charge in [-0.1, -0.05) is 30.3 Å². The van der Waals surface area contributed by atoms with Crippen molar-refractivity contribution in [3.63, 3.8) is 0 Å². The van der Waals surface area contributed by atoms with Gasteiger partial charge in [-0.25, -0.2) is 0 Å². The third-order valence-corrected chi connectivity index (χ3v) is 3.31. The summed E-state index contributed by atoms with van der Waals surface area (Å²) in [6, 6.07) is 12.6. The van der Waals surface area contributed by atoms with Gasteiger partial charge in [0.25, 0.3) is 5.91 Å². The minimum atomic E-state index is -0.428. The van der Waals surface area contributed by atoms with Gasteiger partial charge in [-0.3, -0.25) is 9.59 Å². The van der Waals surface area contributed by atoms with Crippen LogP contribution in [0.4, 0.5) is 0 Å². The van der Waals surface area contributed by atoms with Crippen molar-refractivity contribution < 1.29 is 14.0 Å². The lowest BCUT2D eigenvalue weighted by atomic mass is 10.1. The van der Waals surface area contributed by atoms with Crippen molar-refractivity contribution >= 4 is 27.7 Å². The molecule has 2 aromatic rings. The Balaban J connectivity index is 1.81. The first-order chi connectivity index (χ1) is 10.1. The smallest absolute Gasteiger partial charge is 0.287 e. The monoisotopic (exact) mass is 350 g/mol. The first-order valence-electron chi connectivity index (χ1n) is 6.44. The average molecular weight is 351 g/mol. The highest BCUT2D eigenvalue weighted by Gasteiger charge is 2.13. The highest BCUT2D eigenvalue weighted by atomic mass is 79.9. The number of hydrogen-bond donors (Lipinski definition) is 2. The number of halogens is 1. The third kappa shape index (κ3) is 4.46. The molecule has 2 N–H and O–H groups in total. The van der Waals surface area contributed by atoms with E-state index in [0.717, 1.165) is 5.56 Å². The van der Waals surface area contributed by atoms with Crippen molar-refractivity contribution in [1.29, 1.82) is 0 Å². The number of amides is 2. The number of carbonyl (C=O) groups is 2. The topological polar surface area (TPSA) is 71.3 Å². The van der Waals surface area contributed by atoms with E-state index in [1.165, 1.54) is 6.07 Å². The lowest BCUT2D eigenvalue weighted by Crippen LogP contribution is -2.37. The van der Waals surface area contributed by atoms with Crippen LogP contribution >= 0.6 is 15.9 Å². The molecule has 1 atom stereocenters. The third-order valence-electron chi connectivity index (χ3n) is 2.88. The van der Waals surface area contributed by atoms with Crippen molar-refractivity contribution in [3.8, 4) is 0 Å². The van der Waals surface area contributed by atoms with Gasteiger partial charge in [0.2, 0.25) is 5.91 Å². The molecule has 2 amide bonds. The summed E-state index contributed by atoms with van der Waals surface area (Å²) in [7, 11) is 0. The van der Waals surface area contributed by atoms with Crippen molar-refractivity contribution in [3.05, 3.63) is 58.5 Å². The van der Waals surface area contributed by atoms with Gasteiger partial charge in [0.05, 0.1) is 12.6 Å². The molecule has 0 saturated carbocycles. The number of furan rings is 1. The van der Waals surface area contributed by atoms with Crippen LogP contribution in [0.2, 0.25) is 0 Å². The molecule has 0 unspecified atom stereocenters. The summed E-state index contributed by atoms with van der Waals surface area (Å²) < 4.78 is 5.57. The van der Waals surface area contributed by atoms with E-state index < -0.39 is 5.91 Å². The summed E-state index contributed by atoms with van der Waals surface area (Å²) >= 11 is 3.11. The van der Waals surface area contributed by atoms with E-state index in [9.17, 15) is 9.59 Å². The summed E-state index contributed by atoms with van der Waals surface area (Å²) in [5, 5.41) is 5.32. The summed E-state index contributed by atoms with van der Waals surface area (Å²) in [6.45, 7) is 1.78. The van der Waals surface area contributed by atoms with Crippen LogP contribution in [0.25, 0.3) is 0 Å². The zero-order valence-corrected chi connectivity index (χ0v) is 13.0. The van der Waals surface area contributed by atoms with Crippen LogP contribution in [0.5, 0.6) is 0 Å². The second-order valence-electron chi connectivity index (χ2n) is 4.49. The number of rotatable bonds is 5. The fourth-order valence-electron chi connectivity index (χ4n) is 1.80. The lowest BCUT2D eigenvalue weighted by molar-refractivity contribution is -0.120. The molecule has 6 heteroatoms.